The average molecular weight is 323 g/mol. The van der Waals surface area contributed by atoms with Crippen LogP contribution in [0.25, 0.3) is 0 Å². The van der Waals surface area contributed by atoms with Gasteiger partial charge in [0.05, 0.1) is 13.2 Å². The van der Waals surface area contributed by atoms with Crippen molar-refractivity contribution in [3.8, 4) is 0 Å². The molecule has 22 heavy (non-hydrogen) atoms. The molecule has 0 bridgehead atoms. The normalized spacial score (nSPS) is 22.8. The SMILES string of the molecule is CC(C=O)Cc1ccc(C2CCC3(CC2)OCCO3)c(Cl)c1. The van der Waals surface area contributed by atoms with E-state index in [1.54, 1.807) is 0 Å². The maximum absolute atomic E-state index is 10.8. The Labute approximate surface area is 136 Å². The van der Waals surface area contributed by atoms with Crippen molar-refractivity contribution in [2.24, 2.45) is 5.92 Å². The van der Waals surface area contributed by atoms with Crippen LogP contribution in [0.4, 0.5) is 0 Å². The molecule has 1 aromatic rings. The second kappa shape index (κ2) is 6.69. The predicted molar refractivity (Wildman–Crippen MR) is 86.2 cm³/mol. The summed E-state index contributed by atoms with van der Waals surface area (Å²) in [5.41, 5.74) is 2.35. The van der Waals surface area contributed by atoms with Crippen molar-refractivity contribution in [2.75, 3.05) is 13.2 Å². The molecule has 120 valence electrons. The molecule has 0 radical (unpaired) electrons. The molecule has 0 N–H and O–H groups in total. The zero-order valence-electron chi connectivity index (χ0n) is 13.0. The lowest BCUT2D eigenvalue weighted by Gasteiger charge is -2.35. The topological polar surface area (TPSA) is 35.5 Å². The van der Waals surface area contributed by atoms with E-state index >= 15 is 0 Å². The Balaban J connectivity index is 1.66. The minimum atomic E-state index is -0.317. The van der Waals surface area contributed by atoms with E-state index in [-0.39, 0.29) is 11.7 Å². The fraction of sp³-hybridized carbons (Fsp3) is 0.611. The van der Waals surface area contributed by atoms with Crippen LogP contribution in [0, 0.1) is 5.92 Å². The number of rotatable bonds is 4. The zero-order chi connectivity index (χ0) is 15.6. The first-order chi connectivity index (χ1) is 10.6. The predicted octanol–water partition coefficient (Wildman–Crippen LogP) is 4.12. The Hall–Kier alpha value is -0.900. The molecule has 1 heterocycles. The molecular weight excluding hydrogens is 300 g/mol. The van der Waals surface area contributed by atoms with Crippen LogP contribution in [0.5, 0.6) is 0 Å². The van der Waals surface area contributed by atoms with Crippen molar-refractivity contribution >= 4 is 17.9 Å². The first-order valence-corrected chi connectivity index (χ1v) is 8.51. The largest absolute Gasteiger partial charge is 0.348 e. The molecule has 2 aliphatic rings. The highest BCUT2D eigenvalue weighted by atomic mass is 35.5. The van der Waals surface area contributed by atoms with Gasteiger partial charge in [0.2, 0.25) is 0 Å². The van der Waals surface area contributed by atoms with E-state index in [2.05, 4.69) is 12.1 Å². The molecular formula is C18H23ClO3. The second-order valence-electron chi connectivity index (χ2n) is 6.56. The Morgan fingerprint density at radius 3 is 2.59 bits per heavy atom. The maximum atomic E-state index is 10.8. The molecule has 3 nitrogen and oxygen atoms in total. The summed E-state index contributed by atoms with van der Waals surface area (Å²) in [5.74, 6) is 0.194. The molecule has 1 unspecified atom stereocenters. The van der Waals surface area contributed by atoms with E-state index in [4.69, 9.17) is 21.1 Å². The fourth-order valence-electron chi connectivity index (χ4n) is 3.60. The molecule has 1 aliphatic heterocycles. The van der Waals surface area contributed by atoms with Crippen molar-refractivity contribution in [3.05, 3.63) is 34.3 Å². The number of hydrogen-bond donors (Lipinski definition) is 0. The first-order valence-electron chi connectivity index (χ1n) is 8.13. The summed E-state index contributed by atoms with van der Waals surface area (Å²) < 4.78 is 11.6. The summed E-state index contributed by atoms with van der Waals surface area (Å²) in [6.07, 6.45) is 5.71. The number of benzene rings is 1. The molecule has 1 atom stereocenters. The molecule has 1 aliphatic carbocycles. The van der Waals surface area contributed by atoms with Crippen molar-refractivity contribution < 1.29 is 14.3 Å². The Morgan fingerprint density at radius 1 is 1.32 bits per heavy atom. The summed E-state index contributed by atoms with van der Waals surface area (Å²) in [6.45, 7) is 3.36. The van der Waals surface area contributed by atoms with Crippen LogP contribution in [-0.4, -0.2) is 25.3 Å². The zero-order valence-corrected chi connectivity index (χ0v) is 13.8. The van der Waals surface area contributed by atoms with Gasteiger partial charge in [-0.25, -0.2) is 0 Å². The number of carbonyl (C=O) groups is 1. The average Bonchev–Trinajstić information content (AvgIpc) is 2.97. The summed E-state index contributed by atoms with van der Waals surface area (Å²) in [6, 6.07) is 6.26. The smallest absolute Gasteiger partial charge is 0.168 e. The van der Waals surface area contributed by atoms with Gasteiger partial charge in [-0.15, -0.1) is 0 Å². The van der Waals surface area contributed by atoms with Gasteiger partial charge in [-0.05, 0) is 42.4 Å². The Kier molecular flexibility index (Phi) is 4.86. The monoisotopic (exact) mass is 322 g/mol. The highest BCUT2D eigenvalue weighted by molar-refractivity contribution is 6.31. The van der Waals surface area contributed by atoms with Crippen molar-refractivity contribution in [1.29, 1.82) is 0 Å². The number of hydrogen-bond acceptors (Lipinski definition) is 3. The summed E-state index contributed by atoms with van der Waals surface area (Å²) in [7, 11) is 0. The summed E-state index contributed by atoms with van der Waals surface area (Å²) in [5, 5.41) is 0.824. The maximum Gasteiger partial charge on any atom is 0.168 e. The lowest BCUT2D eigenvalue weighted by atomic mass is 9.80. The van der Waals surface area contributed by atoms with Crippen molar-refractivity contribution in [3.63, 3.8) is 0 Å². The van der Waals surface area contributed by atoms with Crippen LogP contribution < -0.4 is 0 Å². The van der Waals surface area contributed by atoms with Gasteiger partial charge < -0.3 is 14.3 Å². The van der Waals surface area contributed by atoms with E-state index in [9.17, 15) is 4.79 Å². The second-order valence-corrected chi connectivity index (χ2v) is 6.96. The molecule has 3 rings (SSSR count). The molecule has 1 saturated heterocycles. The van der Waals surface area contributed by atoms with E-state index in [1.165, 1.54) is 5.56 Å². The van der Waals surface area contributed by atoms with Gasteiger partial charge in [0.25, 0.3) is 0 Å². The van der Waals surface area contributed by atoms with Gasteiger partial charge in [0.15, 0.2) is 5.79 Å². The fourth-order valence-corrected chi connectivity index (χ4v) is 3.96. The van der Waals surface area contributed by atoms with Gasteiger partial charge in [0.1, 0.15) is 6.29 Å². The molecule has 1 aromatic carbocycles. The lowest BCUT2D eigenvalue weighted by molar-refractivity contribution is -0.178. The molecule has 4 heteroatoms. The molecule has 0 amide bonds. The summed E-state index contributed by atoms with van der Waals surface area (Å²) in [4.78, 5) is 10.8. The molecule has 1 spiro atoms. The number of halogens is 1. The molecule has 2 fully saturated rings. The first kappa shape index (κ1) is 16.0. The Morgan fingerprint density at radius 2 is 2.00 bits per heavy atom. The van der Waals surface area contributed by atoms with Gasteiger partial charge >= 0.3 is 0 Å². The van der Waals surface area contributed by atoms with E-state index in [0.717, 1.165) is 62.2 Å². The van der Waals surface area contributed by atoms with Crippen LogP contribution in [0.2, 0.25) is 5.02 Å². The summed E-state index contributed by atoms with van der Waals surface area (Å²) >= 11 is 6.49. The van der Waals surface area contributed by atoms with Crippen LogP contribution in [0.1, 0.15) is 49.7 Å². The molecule has 1 saturated carbocycles. The number of ether oxygens (including phenoxy) is 2. The van der Waals surface area contributed by atoms with Crippen LogP contribution in [-0.2, 0) is 20.7 Å². The van der Waals surface area contributed by atoms with Gasteiger partial charge in [-0.3, -0.25) is 0 Å². The standard InChI is InChI=1S/C18H23ClO3/c1-13(12-20)10-14-2-3-16(17(19)11-14)15-4-6-18(7-5-15)21-8-9-22-18/h2-3,11-13,15H,4-10H2,1H3. The number of carbonyl (C=O) groups excluding carboxylic acids is 1. The van der Waals surface area contributed by atoms with Gasteiger partial charge in [-0.1, -0.05) is 30.7 Å². The minimum Gasteiger partial charge on any atom is -0.348 e. The number of aldehydes is 1. The highest BCUT2D eigenvalue weighted by Gasteiger charge is 2.40. The third kappa shape index (κ3) is 3.37. The lowest BCUT2D eigenvalue weighted by Crippen LogP contribution is -2.34. The highest BCUT2D eigenvalue weighted by Crippen LogP contribution is 2.43. The third-order valence-electron chi connectivity index (χ3n) is 4.86. The van der Waals surface area contributed by atoms with Crippen molar-refractivity contribution in [1.82, 2.24) is 0 Å². The Bertz CT molecular complexity index is 527. The van der Waals surface area contributed by atoms with Crippen LogP contribution >= 0.6 is 11.6 Å². The van der Waals surface area contributed by atoms with Crippen molar-refractivity contribution in [2.45, 2.75) is 50.7 Å². The quantitative estimate of drug-likeness (QED) is 0.782. The van der Waals surface area contributed by atoms with E-state index in [1.807, 2.05) is 13.0 Å². The van der Waals surface area contributed by atoms with Crippen LogP contribution in [0.3, 0.4) is 0 Å². The molecule has 0 aromatic heterocycles. The van der Waals surface area contributed by atoms with Crippen LogP contribution in [0.15, 0.2) is 18.2 Å². The van der Waals surface area contributed by atoms with Gasteiger partial charge in [0, 0.05) is 23.8 Å². The third-order valence-corrected chi connectivity index (χ3v) is 5.18. The minimum absolute atomic E-state index is 0.0353. The van der Waals surface area contributed by atoms with E-state index in [0.29, 0.717) is 5.92 Å². The van der Waals surface area contributed by atoms with Gasteiger partial charge in [-0.2, -0.15) is 0 Å². The van der Waals surface area contributed by atoms with E-state index < -0.39 is 0 Å².